The molecule has 0 aliphatic rings. The molecular formula is C24H32N2O2S. The monoisotopic (exact) mass is 412 g/mol. The number of carbonyl (C=O) groups excluding carboxylic acids is 1. The van der Waals surface area contributed by atoms with Crippen molar-refractivity contribution in [1.29, 1.82) is 0 Å². The molecule has 0 saturated carbocycles. The summed E-state index contributed by atoms with van der Waals surface area (Å²) in [6, 6.07) is 10.5. The molecule has 3 aromatic rings. The number of imidazole rings is 1. The first-order valence-corrected chi connectivity index (χ1v) is 11.5. The van der Waals surface area contributed by atoms with Gasteiger partial charge < -0.3 is 9.67 Å². The first-order chi connectivity index (χ1) is 14.0. The molecule has 1 unspecified atom stereocenters. The van der Waals surface area contributed by atoms with Crippen LogP contribution in [0.15, 0.2) is 35.7 Å². The average molecular weight is 413 g/mol. The minimum atomic E-state index is -0.00490. The van der Waals surface area contributed by atoms with E-state index in [-0.39, 0.29) is 24.2 Å². The van der Waals surface area contributed by atoms with Crippen LogP contribution in [-0.4, -0.2) is 27.0 Å². The maximum Gasteiger partial charge on any atom is 0.163 e. The van der Waals surface area contributed by atoms with Crippen molar-refractivity contribution in [2.24, 2.45) is 11.8 Å². The molecule has 156 valence electrons. The maximum atomic E-state index is 12.8. The molecule has 0 aliphatic heterocycles. The van der Waals surface area contributed by atoms with Crippen molar-refractivity contribution in [3.8, 4) is 0 Å². The van der Waals surface area contributed by atoms with E-state index in [1.165, 1.54) is 4.88 Å². The van der Waals surface area contributed by atoms with Crippen LogP contribution in [0.25, 0.3) is 11.0 Å². The van der Waals surface area contributed by atoms with Gasteiger partial charge in [0, 0.05) is 35.9 Å². The van der Waals surface area contributed by atoms with Crippen LogP contribution < -0.4 is 0 Å². The van der Waals surface area contributed by atoms with Gasteiger partial charge in [-0.1, -0.05) is 33.8 Å². The summed E-state index contributed by atoms with van der Waals surface area (Å²) in [5.41, 5.74) is 2.68. The zero-order valence-electron chi connectivity index (χ0n) is 17.9. The first kappa shape index (κ1) is 21.7. The second-order valence-corrected chi connectivity index (χ2v) is 9.17. The highest BCUT2D eigenvalue weighted by atomic mass is 32.1. The fourth-order valence-corrected chi connectivity index (χ4v) is 4.65. The molecular weight excluding hydrogens is 380 g/mol. The second kappa shape index (κ2) is 9.68. The van der Waals surface area contributed by atoms with Gasteiger partial charge in [-0.25, -0.2) is 4.98 Å². The normalized spacial score (nSPS) is 12.9. The van der Waals surface area contributed by atoms with E-state index >= 15 is 0 Å². The van der Waals surface area contributed by atoms with Crippen LogP contribution in [0, 0.1) is 11.8 Å². The zero-order chi connectivity index (χ0) is 21.0. The number of nitrogens with zero attached hydrogens (tertiary/aromatic N) is 2. The lowest BCUT2D eigenvalue weighted by Crippen LogP contribution is -2.18. The Balaban J connectivity index is 1.99. The summed E-state index contributed by atoms with van der Waals surface area (Å²) in [4.78, 5) is 19.1. The quantitative estimate of drug-likeness (QED) is 0.423. The summed E-state index contributed by atoms with van der Waals surface area (Å²) in [6.45, 7) is 8.57. The summed E-state index contributed by atoms with van der Waals surface area (Å²) >= 11 is 1.75. The minimum Gasteiger partial charge on any atom is -0.396 e. The predicted molar refractivity (Wildman–Crippen MR) is 121 cm³/mol. The molecule has 4 nitrogen and oxygen atoms in total. The Bertz CT molecular complexity index is 939. The zero-order valence-corrected chi connectivity index (χ0v) is 18.7. The molecule has 0 radical (unpaired) electrons. The molecule has 0 bridgehead atoms. The van der Waals surface area contributed by atoms with Crippen LogP contribution in [0.4, 0.5) is 0 Å². The molecule has 2 heterocycles. The molecule has 0 saturated heterocycles. The molecule has 3 rings (SSSR count). The van der Waals surface area contributed by atoms with E-state index < -0.39 is 0 Å². The van der Waals surface area contributed by atoms with Crippen LogP contribution in [0.3, 0.4) is 0 Å². The van der Waals surface area contributed by atoms with E-state index in [0.29, 0.717) is 18.0 Å². The number of aliphatic hydroxyl groups is 1. The van der Waals surface area contributed by atoms with Crippen molar-refractivity contribution in [2.45, 2.75) is 59.4 Å². The lowest BCUT2D eigenvalue weighted by Gasteiger charge is -2.19. The van der Waals surface area contributed by atoms with Crippen LogP contribution in [0.1, 0.15) is 74.1 Å². The average Bonchev–Trinajstić information content (AvgIpc) is 3.34. The van der Waals surface area contributed by atoms with E-state index in [0.717, 1.165) is 36.1 Å². The van der Waals surface area contributed by atoms with E-state index in [9.17, 15) is 9.90 Å². The topological polar surface area (TPSA) is 55.1 Å². The molecule has 5 heteroatoms. The highest BCUT2D eigenvalue weighted by molar-refractivity contribution is 7.09. The Morgan fingerprint density at radius 3 is 2.55 bits per heavy atom. The number of carbonyl (C=O) groups is 1. The molecule has 0 spiro atoms. The third-order valence-corrected chi connectivity index (χ3v) is 6.81. The van der Waals surface area contributed by atoms with Gasteiger partial charge in [-0.2, -0.15) is 0 Å². The number of benzene rings is 1. The third kappa shape index (κ3) is 4.78. The molecule has 1 aromatic carbocycles. The van der Waals surface area contributed by atoms with Crippen molar-refractivity contribution in [1.82, 2.24) is 9.55 Å². The van der Waals surface area contributed by atoms with Gasteiger partial charge in [-0.15, -0.1) is 11.3 Å². The standard InChI is InChI=1S/C24H32N2O2S/c1-5-19(6-2)26-22-10-9-17(23(28)13-18(15-27)16(3)4)12-21(22)25-24(26)14-20-8-7-11-29-20/h7-12,16,18-19,27H,5-6,13-15H2,1-4H3. The van der Waals surface area contributed by atoms with E-state index in [1.807, 2.05) is 26.0 Å². The summed E-state index contributed by atoms with van der Waals surface area (Å²) in [5.74, 6) is 1.42. The molecule has 1 N–H and O–H groups in total. The van der Waals surface area contributed by atoms with E-state index in [2.05, 4.69) is 42.0 Å². The lowest BCUT2D eigenvalue weighted by atomic mass is 9.89. The van der Waals surface area contributed by atoms with Crippen LogP contribution in [-0.2, 0) is 6.42 Å². The number of ketones is 1. The number of aromatic nitrogens is 2. The highest BCUT2D eigenvalue weighted by Gasteiger charge is 2.21. The summed E-state index contributed by atoms with van der Waals surface area (Å²) < 4.78 is 2.37. The molecule has 0 fully saturated rings. The van der Waals surface area contributed by atoms with Crippen LogP contribution in [0.5, 0.6) is 0 Å². The van der Waals surface area contributed by atoms with Gasteiger partial charge in [0.25, 0.3) is 0 Å². The van der Waals surface area contributed by atoms with Gasteiger partial charge in [0.1, 0.15) is 5.82 Å². The first-order valence-electron chi connectivity index (χ1n) is 10.7. The largest absolute Gasteiger partial charge is 0.396 e. The van der Waals surface area contributed by atoms with E-state index in [4.69, 9.17) is 4.98 Å². The van der Waals surface area contributed by atoms with Gasteiger partial charge in [-0.05, 0) is 54.3 Å². The molecule has 2 aromatic heterocycles. The third-order valence-electron chi connectivity index (χ3n) is 5.93. The fourth-order valence-electron chi connectivity index (χ4n) is 3.94. The summed E-state index contributed by atoms with van der Waals surface area (Å²) in [7, 11) is 0. The Morgan fingerprint density at radius 2 is 1.97 bits per heavy atom. The van der Waals surface area contributed by atoms with Crippen LogP contribution >= 0.6 is 11.3 Å². The SMILES string of the molecule is CCC(CC)n1c(Cc2cccs2)nc2cc(C(=O)CC(CO)C(C)C)ccc21. The Kier molecular flexibility index (Phi) is 7.25. The molecule has 1 atom stereocenters. The molecule has 29 heavy (non-hydrogen) atoms. The van der Waals surface area contributed by atoms with Gasteiger partial charge in [0.15, 0.2) is 5.78 Å². The van der Waals surface area contributed by atoms with Gasteiger partial charge in [0.2, 0.25) is 0 Å². The Morgan fingerprint density at radius 1 is 1.21 bits per heavy atom. The number of thiophene rings is 1. The maximum absolute atomic E-state index is 12.8. The van der Waals surface area contributed by atoms with Crippen molar-refractivity contribution in [3.05, 3.63) is 52.0 Å². The molecule has 0 amide bonds. The lowest BCUT2D eigenvalue weighted by molar-refractivity contribution is 0.0907. The molecule has 0 aliphatic carbocycles. The summed E-state index contributed by atoms with van der Waals surface area (Å²) in [6.07, 6.45) is 3.28. The van der Waals surface area contributed by atoms with Gasteiger partial charge in [-0.3, -0.25) is 4.79 Å². The minimum absolute atomic E-state index is 0.00490. The smallest absolute Gasteiger partial charge is 0.163 e. The number of fused-ring (bicyclic) bond motifs is 1. The second-order valence-electron chi connectivity index (χ2n) is 8.14. The predicted octanol–water partition coefficient (Wildman–Crippen LogP) is 5.89. The number of hydrogen-bond acceptors (Lipinski definition) is 4. The van der Waals surface area contributed by atoms with Gasteiger partial charge in [0.05, 0.1) is 11.0 Å². The van der Waals surface area contributed by atoms with Crippen molar-refractivity contribution in [3.63, 3.8) is 0 Å². The Hall–Kier alpha value is -1.98. The number of hydrogen-bond donors (Lipinski definition) is 1. The van der Waals surface area contributed by atoms with Crippen molar-refractivity contribution in [2.75, 3.05) is 6.61 Å². The number of aliphatic hydroxyl groups excluding tert-OH is 1. The number of rotatable bonds is 10. The van der Waals surface area contributed by atoms with Crippen LogP contribution in [0.2, 0.25) is 0 Å². The number of Topliss-reactive ketones (excluding diaryl/α,β-unsaturated/α-hetero) is 1. The summed E-state index contributed by atoms with van der Waals surface area (Å²) in [5, 5.41) is 11.7. The van der Waals surface area contributed by atoms with Gasteiger partial charge >= 0.3 is 0 Å². The van der Waals surface area contributed by atoms with Crippen molar-refractivity contribution < 1.29 is 9.90 Å². The highest BCUT2D eigenvalue weighted by Crippen LogP contribution is 2.29. The van der Waals surface area contributed by atoms with Crippen molar-refractivity contribution >= 4 is 28.2 Å². The fraction of sp³-hybridized carbons (Fsp3) is 0.500. The van der Waals surface area contributed by atoms with E-state index in [1.54, 1.807) is 11.3 Å². The Labute approximate surface area is 177 Å².